The second-order valence-electron chi connectivity index (χ2n) is 9.78. The zero-order chi connectivity index (χ0) is 27.9. The molecule has 4 saturated heterocycles. The summed E-state index contributed by atoms with van der Waals surface area (Å²) in [6.45, 7) is 0.309. The SMILES string of the molecule is C[C@@H]1O[C@@H](O[C@@H]2[C@@H](O)[C@H](O)CO[C@H]2O)[C@H](O)[C@H](O)[C@H]1O[C@@H]1OC[C@@H](O)[C@@H](O[C@@H]2OC[C@@H](O)[C@H](O)[C@H]2O)[C@H]1O. The van der Waals surface area contributed by atoms with Gasteiger partial charge >= 0.3 is 0 Å². The average molecular weight is 561 g/mol. The van der Waals surface area contributed by atoms with E-state index in [1.807, 2.05) is 0 Å². The topological polar surface area (TPSA) is 267 Å². The highest BCUT2D eigenvalue weighted by atomic mass is 16.8. The van der Waals surface area contributed by atoms with Gasteiger partial charge in [-0.2, -0.15) is 0 Å². The lowest BCUT2D eigenvalue weighted by Gasteiger charge is -2.46. The minimum Gasteiger partial charge on any atom is -0.388 e. The highest BCUT2D eigenvalue weighted by molar-refractivity contribution is 4.94. The molecule has 0 aromatic heterocycles. The summed E-state index contributed by atoms with van der Waals surface area (Å²) >= 11 is 0. The molecule has 0 unspecified atom stereocenters. The van der Waals surface area contributed by atoms with E-state index in [1.165, 1.54) is 6.92 Å². The highest BCUT2D eigenvalue weighted by Crippen LogP contribution is 2.31. The molecular weight excluding hydrogens is 524 g/mol. The molecule has 0 amide bonds. The molecule has 0 aromatic carbocycles. The minimum atomic E-state index is -1.79. The van der Waals surface area contributed by atoms with E-state index in [0.29, 0.717) is 0 Å². The number of rotatable bonds is 6. The van der Waals surface area contributed by atoms with Crippen LogP contribution < -0.4 is 0 Å². The van der Waals surface area contributed by atoms with Gasteiger partial charge in [0.1, 0.15) is 73.2 Å². The Morgan fingerprint density at radius 2 is 0.974 bits per heavy atom. The van der Waals surface area contributed by atoms with Crippen molar-refractivity contribution < 1.29 is 84.2 Å². The van der Waals surface area contributed by atoms with Crippen molar-refractivity contribution in [3.63, 3.8) is 0 Å². The summed E-state index contributed by atoms with van der Waals surface area (Å²) in [6, 6.07) is 0. The van der Waals surface area contributed by atoms with E-state index < -0.39 is 111 Å². The molecular formula is C21H36O17. The van der Waals surface area contributed by atoms with Gasteiger partial charge in [-0.15, -0.1) is 0 Å². The van der Waals surface area contributed by atoms with Crippen LogP contribution in [0.3, 0.4) is 0 Å². The largest absolute Gasteiger partial charge is 0.388 e. The molecule has 17 heteroatoms. The standard InChI is InChI=1S/C21H36O17/c1-5-15(11(27)13(29)21(35-5)38-17-10(26)7(23)2-32-18(17)31)36-20-14(30)16(8(24)4-34-20)37-19-12(28)9(25)6(22)3-33-19/h5-31H,2-4H2,1H3/t5-,6+,7+,8+,9-,10-,11-,12+,13+,14+,15-,16+,17+,18+,19-,20-,21-/m0/s1. The average Bonchev–Trinajstić information content (AvgIpc) is 2.88. The molecule has 0 radical (unpaired) electrons. The van der Waals surface area contributed by atoms with Crippen LogP contribution in [0.25, 0.3) is 0 Å². The van der Waals surface area contributed by atoms with Gasteiger partial charge in [-0.1, -0.05) is 0 Å². The van der Waals surface area contributed by atoms with Crippen LogP contribution in [0.5, 0.6) is 0 Å². The van der Waals surface area contributed by atoms with Gasteiger partial charge in [0, 0.05) is 0 Å². The molecule has 222 valence electrons. The predicted molar refractivity (Wildman–Crippen MR) is 114 cm³/mol. The van der Waals surface area contributed by atoms with Crippen LogP contribution in [0, 0.1) is 0 Å². The Hall–Kier alpha value is -0.680. The van der Waals surface area contributed by atoms with Gasteiger partial charge in [-0.05, 0) is 6.92 Å². The highest BCUT2D eigenvalue weighted by Gasteiger charge is 2.51. The first-order chi connectivity index (χ1) is 17.9. The molecule has 4 aliphatic heterocycles. The fraction of sp³-hybridized carbons (Fsp3) is 1.00. The van der Waals surface area contributed by atoms with Crippen LogP contribution in [-0.4, -0.2) is 175 Å². The zero-order valence-electron chi connectivity index (χ0n) is 20.3. The van der Waals surface area contributed by atoms with Crippen LogP contribution in [0.2, 0.25) is 0 Å². The van der Waals surface area contributed by atoms with E-state index in [0.717, 1.165) is 0 Å². The van der Waals surface area contributed by atoms with E-state index >= 15 is 0 Å². The Labute approximate surface area is 216 Å². The van der Waals surface area contributed by atoms with Gasteiger partial charge in [0.05, 0.1) is 25.9 Å². The van der Waals surface area contributed by atoms with E-state index in [4.69, 9.17) is 33.2 Å². The Kier molecular flexibility index (Phi) is 9.92. The Balaban J connectivity index is 1.37. The maximum atomic E-state index is 10.8. The summed E-state index contributed by atoms with van der Waals surface area (Å²) < 4.78 is 37.5. The first-order valence-electron chi connectivity index (χ1n) is 12.2. The number of ether oxygens (including phenoxy) is 7. The third-order valence-corrected chi connectivity index (χ3v) is 6.98. The first-order valence-corrected chi connectivity index (χ1v) is 12.2. The maximum absolute atomic E-state index is 10.8. The number of aliphatic hydroxyl groups is 10. The van der Waals surface area contributed by atoms with E-state index in [9.17, 15) is 51.1 Å². The van der Waals surface area contributed by atoms with Gasteiger partial charge < -0.3 is 84.2 Å². The molecule has 10 N–H and O–H groups in total. The molecule has 38 heavy (non-hydrogen) atoms. The molecule has 17 nitrogen and oxygen atoms in total. The fourth-order valence-electron chi connectivity index (χ4n) is 4.66. The van der Waals surface area contributed by atoms with Gasteiger partial charge in [0.15, 0.2) is 25.2 Å². The normalized spacial score (nSPS) is 54.6. The lowest BCUT2D eigenvalue weighted by molar-refractivity contribution is -0.374. The molecule has 0 aromatic rings. The van der Waals surface area contributed by atoms with Crippen molar-refractivity contribution in [1.82, 2.24) is 0 Å². The molecule has 4 aliphatic rings. The van der Waals surface area contributed by atoms with E-state index in [2.05, 4.69) is 0 Å². The van der Waals surface area contributed by atoms with Gasteiger partial charge in [-0.25, -0.2) is 0 Å². The Morgan fingerprint density at radius 3 is 1.66 bits per heavy atom. The zero-order valence-corrected chi connectivity index (χ0v) is 20.3. The van der Waals surface area contributed by atoms with Crippen LogP contribution in [0.4, 0.5) is 0 Å². The quantitative estimate of drug-likeness (QED) is 0.145. The van der Waals surface area contributed by atoms with Gasteiger partial charge in [0.25, 0.3) is 0 Å². The molecule has 0 bridgehead atoms. The lowest BCUT2D eigenvalue weighted by atomic mass is 9.98. The molecule has 17 atom stereocenters. The van der Waals surface area contributed by atoms with Crippen molar-refractivity contribution in [2.24, 2.45) is 0 Å². The summed E-state index contributed by atoms with van der Waals surface area (Å²) in [5, 5.41) is 102. The number of aliphatic hydroxyl groups excluding tert-OH is 10. The van der Waals surface area contributed by atoms with Crippen LogP contribution >= 0.6 is 0 Å². The van der Waals surface area contributed by atoms with Crippen LogP contribution in [0.15, 0.2) is 0 Å². The molecule has 0 spiro atoms. The van der Waals surface area contributed by atoms with Crippen molar-refractivity contribution in [1.29, 1.82) is 0 Å². The summed E-state index contributed by atoms with van der Waals surface area (Å²) in [6.07, 6.45) is -25.7. The van der Waals surface area contributed by atoms with Gasteiger partial charge in [-0.3, -0.25) is 0 Å². The van der Waals surface area contributed by atoms with Gasteiger partial charge in [0.2, 0.25) is 0 Å². The monoisotopic (exact) mass is 560 g/mol. The molecule has 4 heterocycles. The smallest absolute Gasteiger partial charge is 0.187 e. The first kappa shape index (κ1) is 30.3. The molecule has 0 aliphatic carbocycles. The summed E-state index contributed by atoms with van der Waals surface area (Å²) in [5.74, 6) is 0. The summed E-state index contributed by atoms with van der Waals surface area (Å²) in [5.41, 5.74) is 0. The predicted octanol–water partition coefficient (Wildman–Crippen LogP) is -6.80. The molecule has 0 saturated carbocycles. The third kappa shape index (κ3) is 6.14. The van der Waals surface area contributed by atoms with E-state index in [1.54, 1.807) is 0 Å². The summed E-state index contributed by atoms with van der Waals surface area (Å²) in [4.78, 5) is 0. The van der Waals surface area contributed by atoms with Crippen molar-refractivity contribution in [3.8, 4) is 0 Å². The number of hydrogen-bond acceptors (Lipinski definition) is 17. The van der Waals surface area contributed by atoms with Crippen molar-refractivity contribution in [2.45, 2.75) is 111 Å². The third-order valence-electron chi connectivity index (χ3n) is 6.98. The number of hydrogen-bond donors (Lipinski definition) is 10. The second-order valence-corrected chi connectivity index (χ2v) is 9.78. The second kappa shape index (κ2) is 12.5. The summed E-state index contributed by atoms with van der Waals surface area (Å²) in [7, 11) is 0. The van der Waals surface area contributed by atoms with Crippen molar-refractivity contribution in [2.75, 3.05) is 19.8 Å². The van der Waals surface area contributed by atoms with Crippen LogP contribution in [0.1, 0.15) is 6.92 Å². The van der Waals surface area contributed by atoms with Crippen molar-refractivity contribution >= 4 is 0 Å². The lowest BCUT2D eigenvalue weighted by Crippen LogP contribution is -2.64. The maximum Gasteiger partial charge on any atom is 0.187 e. The Bertz CT molecular complexity index is 761. The van der Waals surface area contributed by atoms with Crippen LogP contribution in [-0.2, 0) is 33.2 Å². The van der Waals surface area contributed by atoms with E-state index in [-0.39, 0.29) is 13.2 Å². The van der Waals surface area contributed by atoms with Crippen molar-refractivity contribution in [3.05, 3.63) is 0 Å². The fourth-order valence-corrected chi connectivity index (χ4v) is 4.66. The molecule has 4 fully saturated rings. The Morgan fingerprint density at radius 1 is 0.474 bits per heavy atom. The molecule has 4 rings (SSSR count). The minimum absolute atomic E-state index is 0.345.